The lowest BCUT2D eigenvalue weighted by Crippen LogP contribution is -2.07. The molecule has 5 heteroatoms. The van der Waals surface area contributed by atoms with E-state index in [9.17, 15) is 4.79 Å². The molecule has 1 fully saturated rings. The lowest BCUT2D eigenvalue weighted by molar-refractivity contribution is 0.0732. The Kier molecular flexibility index (Phi) is 3.98. The Hall–Kier alpha value is -0.930. The summed E-state index contributed by atoms with van der Waals surface area (Å²) in [6.07, 6.45) is 6.04. The first-order valence-electron chi connectivity index (χ1n) is 6.17. The summed E-state index contributed by atoms with van der Waals surface area (Å²) in [6.45, 7) is 3.91. The van der Waals surface area contributed by atoms with Crippen molar-refractivity contribution >= 4 is 29.4 Å². The number of ether oxygens (including phenoxy) is 1. The first kappa shape index (κ1) is 14.5. The van der Waals surface area contributed by atoms with E-state index >= 15 is 0 Å². The molecule has 2 unspecified atom stereocenters. The van der Waals surface area contributed by atoms with Gasteiger partial charge in [0.25, 0.3) is 0 Å². The SMILES string of the molecule is CC1(C)C(C=C(Cl)C2=CCCC=C2Cl)C1OC(=O)O. The van der Waals surface area contributed by atoms with E-state index in [4.69, 9.17) is 33.0 Å². The van der Waals surface area contributed by atoms with Crippen LogP contribution in [0.1, 0.15) is 26.7 Å². The molecule has 2 aliphatic carbocycles. The Morgan fingerprint density at radius 2 is 2.11 bits per heavy atom. The van der Waals surface area contributed by atoms with Crippen LogP contribution in [0.4, 0.5) is 4.79 Å². The number of carboxylic acid groups (broad SMARTS) is 1. The predicted molar refractivity (Wildman–Crippen MR) is 75.4 cm³/mol. The number of rotatable bonds is 3. The van der Waals surface area contributed by atoms with Gasteiger partial charge in [0.1, 0.15) is 6.10 Å². The molecular formula is C14H16Cl2O3. The van der Waals surface area contributed by atoms with Gasteiger partial charge in [-0.3, -0.25) is 0 Å². The molecule has 1 N–H and O–H groups in total. The Morgan fingerprint density at radius 1 is 1.47 bits per heavy atom. The topological polar surface area (TPSA) is 46.5 Å². The largest absolute Gasteiger partial charge is 0.506 e. The molecule has 0 heterocycles. The molecule has 0 saturated heterocycles. The molecular weight excluding hydrogens is 287 g/mol. The molecule has 0 aromatic carbocycles. The van der Waals surface area contributed by atoms with Crippen LogP contribution >= 0.6 is 23.2 Å². The third-order valence-electron chi connectivity index (χ3n) is 3.72. The van der Waals surface area contributed by atoms with Crippen LogP contribution in [0, 0.1) is 11.3 Å². The number of hydrogen-bond acceptors (Lipinski definition) is 2. The maximum atomic E-state index is 10.6. The summed E-state index contributed by atoms with van der Waals surface area (Å²) in [5.74, 6) is -0.0107. The summed E-state index contributed by atoms with van der Waals surface area (Å²) >= 11 is 12.4. The van der Waals surface area contributed by atoms with Gasteiger partial charge in [-0.2, -0.15) is 0 Å². The summed E-state index contributed by atoms with van der Waals surface area (Å²) in [6, 6.07) is 0. The van der Waals surface area contributed by atoms with Crippen molar-refractivity contribution < 1.29 is 14.6 Å². The molecule has 0 radical (unpaired) electrons. The minimum Gasteiger partial charge on any atom is -0.450 e. The molecule has 0 amide bonds. The average molecular weight is 303 g/mol. The molecule has 104 valence electrons. The van der Waals surface area contributed by atoms with Crippen molar-refractivity contribution in [2.24, 2.45) is 11.3 Å². The standard InChI is InChI=1S/C14H16Cl2O3/c1-14(2)9(12(14)19-13(17)18)7-11(16)8-5-3-4-6-10(8)15/h5-7,9,12H,3-4H2,1-2H3,(H,17,18). The summed E-state index contributed by atoms with van der Waals surface area (Å²) in [5.41, 5.74) is 0.607. The normalized spacial score (nSPS) is 29.4. The summed E-state index contributed by atoms with van der Waals surface area (Å²) in [4.78, 5) is 10.6. The van der Waals surface area contributed by atoms with Gasteiger partial charge in [-0.05, 0) is 12.8 Å². The highest BCUT2D eigenvalue weighted by molar-refractivity contribution is 6.38. The molecule has 19 heavy (non-hydrogen) atoms. The van der Waals surface area contributed by atoms with Gasteiger partial charge in [0.15, 0.2) is 0 Å². The van der Waals surface area contributed by atoms with Gasteiger partial charge in [0.2, 0.25) is 0 Å². The Balaban J connectivity index is 2.12. The van der Waals surface area contributed by atoms with Gasteiger partial charge in [-0.25, -0.2) is 4.79 Å². The fourth-order valence-corrected chi connectivity index (χ4v) is 3.02. The van der Waals surface area contributed by atoms with Crippen molar-refractivity contribution in [3.63, 3.8) is 0 Å². The molecule has 0 aromatic heterocycles. The van der Waals surface area contributed by atoms with E-state index in [0.717, 1.165) is 18.4 Å². The number of hydrogen-bond donors (Lipinski definition) is 1. The minimum absolute atomic E-state index is 0.0107. The smallest absolute Gasteiger partial charge is 0.450 e. The quantitative estimate of drug-likeness (QED) is 0.771. The monoisotopic (exact) mass is 302 g/mol. The van der Waals surface area contributed by atoms with Gasteiger partial charge in [0.05, 0.1) is 0 Å². The first-order chi connectivity index (χ1) is 8.84. The van der Waals surface area contributed by atoms with Crippen molar-refractivity contribution in [1.29, 1.82) is 0 Å². The number of halogens is 2. The van der Waals surface area contributed by atoms with Crippen molar-refractivity contribution in [3.8, 4) is 0 Å². The maximum absolute atomic E-state index is 10.6. The van der Waals surface area contributed by atoms with Gasteiger partial charge in [-0.1, -0.05) is 55.3 Å². The first-order valence-corrected chi connectivity index (χ1v) is 6.93. The summed E-state index contributed by atoms with van der Waals surface area (Å²) < 4.78 is 4.85. The van der Waals surface area contributed by atoms with E-state index in [2.05, 4.69) is 0 Å². The molecule has 0 bridgehead atoms. The third-order valence-corrected chi connectivity index (χ3v) is 4.40. The van der Waals surface area contributed by atoms with Crippen LogP contribution in [-0.2, 0) is 4.74 Å². The van der Waals surface area contributed by atoms with Gasteiger partial charge in [0, 0.05) is 27.0 Å². The van der Waals surface area contributed by atoms with E-state index < -0.39 is 6.16 Å². The third kappa shape index (κ3) is 2.98. The van der Waals surface area contributed by atoms with Crippen molar-refractivity contribution in [3.05, 3.63) is 33.9 Å². The van der Waals surface area contributed by atoms with Crippen molar-refractivity contribution in [1.82, 2.24) is 0 Å². The second-order valence-electron chi connectivity index (χ2n) is 5.41. The highest BCUT2D eigenvalue weighted by Gasteiger charge is 2.60. The number of carbonyl (C=O) groups is 1. The van der Waals surface area contributed by atoms with Gasteiger partial charge >= 0.3 is 6.16 Å². The van der Waals surface area contributed by atoms with Crippen LogP contribution in [0.5, 0.6) is 0 Å². The van der Waals surface area contributed by atoms with Crippen molar-refractivity contribution in [2.75, 3.05) is 0 Å². The zero-order valence-corrected chi connectivity index (χ0v) is 12.3. The zero-order chi connectivity index (χ0) is 14.2. The van der Waals surface area contributed by atoms with E-state index in [1.165, 1.54) is 0 Å². The summed E-state index contributed by atoms with van der Waals surface area (Å²) in [5, 5.41) is 9.90. The van der Waals surface area contributed by atoms with E-state index in [-0.39, 0.29) is 17.4 Å². The average Bonchev–Trinajstić information content (AvgIpc) is 2.80. The molecule has 0 aliphatic heterocycles. The Labute approximate surface area is 122 Å². The van der Waals surface area contributed by atoms with E-state index in [0.29, 0.717) is 10.1 Å². The molecule has 2 aliphatic rings. The Bertz CT molecular complexity index is 489. The van der Waals surface area contributed by atoms with Crippen LogP contribution in [0.2, 0.25) is 0 Å². The lowest BCUT2D eigenvalue weighted by atomic mass is 10.0. The van der Waals surface area contributed by atoms with Gasteiger partial charge in [-0.15, -0.1) is 0 Å². The highest BCUT2D eigenvalue weighted by atomic mass is 35.5. The van der Waals surface area contributed by atoms with Crippen LogP contribution < -0.4 is 0 Å². The fraction of sp³-hybridized carbons (Fsp3) is 0.500. The molecule has 1 saturated carbocycles. The van der Waals surface area contributed by atoms with Crippen LogP contribution in [0.25, 0.3) is 0 Å². The van der Waals surface area contributed by atoms with Crippen LogP contribution in [0.3, 0.4) is 0 Å². The number of allylic oxidation sites excluding steroid dienone is 5. The Morgan fingerprint density at radius 3 is 2.68 bits per heavy atom. The molecule has 0 spiro atoms. The summed E-state index contributed by atoms with van der Waals surface area (Å²) in [7, 11) is 0. The molecule has 2 rings (SSSR count). The zero-order valence-electron chi connectivity index (χ0n) is 10.8. The van der Waals surface area contributed by atoms with Crippen molar-refractivity contribution in [2.45, 2.75) is 32.8 Å². The van der Waals surface area contributed by atoms with E-state index in [1.807, 2.05) is 32.1 Å². The molecule has 3 nitrogen and oxygen atoms in total. The highest BCUT2D eigenvalue weighted by Crippen LogP contribution is 2.56. The molecule has 0 aromatic rings. The second kappa shape index (κ2) is 5.22. The van der Waals surface area contributed by atoms with E-state index in [1.54, 1.807) is 0 Å². The predicted octanol–water partition coefficient (Wildman–Crippen LogP) is 4.67. The maximum Gasteiger partial charge on any atom is 0.506 e. The fourth-order valence-electron chi connectivity index (χ4n) is 2.37. The second-order valence-corrected chi connectivity index (χ2v) is 6.23. The van der Waals surface area contributed by atoms with Crippen LogP contribution in [0.15, 0.2) is 33.9 Å². The molecule has 2 atom stereocenters. The lowest BCUT2D eigenvalue weighted by Gasteiger charge is -2.10. The van der Waals surface area contributed by atoms with Crippen LogP contribution in [-0.4, -0.2) is 17.4 Å². The minimum atomic E-state index is -1.25. The van der Waals surface area contributed by atoms with Gasteiger partial charge < -0.3 is 9.84 Å².